The first-order valence-electron chi connectivity index (χ1n) is 6.11. The maximum absolute atomic E-state index is 5.56. The molecule has 2 atom stereocenters. The van der Waals surface area contributed by atoms with Crippen molar-refractivity contribution < 1.29 is 0 Å². The fourth-order valence-corrected chi connectivity index (χ4v) is 3.08. The minimum atomic E-state index is 0.414. The molecule has 16 heavy (non-hydrogen) atoms. The first-order chi connectivity index (χ1) is 7.50. The monoisotopic (exact) mass is 222 g/mol. The summed E-state index contributed by atoms with van der Waals surface area (Å²) in [5.74, 6) is 0.763. The maximum atomic E-state index is 5.56. The number of nitrogens with zero attached hydrogens (tertiary/aromatic N) is 3. The lowest BCUT2D eigenvalue weighted by Gasteiger charge is -2.38. The van der Waals surface area contributed by atoms with Crippen LogP contribution in [0.5, 0.6) is 0 Å². The van der Waals surface area contributed by atoms with E-state index in [1.165, 1.54) is 19.3 Å². The summed E-state index contributed by atoms with van der Waals surface area (Å²) in [6.07, 6.45) is 5.70. The van der Waals surface area contributed by atoms with Gasteiger partial charge in [-0.2, -0.15) is 0 Å². The summed E-state index contributed by atoms with van der Waals surface area (Å²) >= 11 is 0. The summed E-state index contributed by atoms with van der Waals surface area (Å²) in [7, 11) is 0. The van der Waals surface area contributed by atoms with Crippen LogP contribution in [0.2, 0.25) is 0 Å². The molecule has 4 nitrogen and oxygen atoms in total. The molecule has 1 aromatic heterocycles. The number of hydrogen-bond acceptors (Lipinski definition) is 3. The molecule has 0 aliphatic heterocycles. The summed E-state index contributed by atoms with van der Waals surface area (Å²) in [6.45, 7) is 7.49. The number of hydrogen-bond donors (Lipinski definition) is 1. The third-order valence-corrected chi connectivity index (χ3v) is 3.50. The molecule has 0 saturated heterocycles. The first-order valence-corrected chi connectivity index (χ1v) is 6.11. The number of rotatable bonds is 2. The molecule has 4 heteroatoms. The molecular formula is C12H22N4. The van der Waals surface area contributed by atoms with Gasteiger partial charge in [0.25, 0.3) is 0 Å². The molecule has 2 N–H and O–H groups in total. The Morgan fingerprint density at radius 3 is 2.81 bits per heavy atom. The zero-order chi connectivity index (χ0) is 11.8. The predicted molar refractivity (Wildman–Crippen MR) is 63.7 cm³/mol. The predicted octanol–water partition coefficient (Wildman–Crippen LogP) is 2.12. The van der Waals surface area contributed by atoms with Crippen molar-refractivity contribution in [2.45, 2.75) is 52.6 Å². The van der Waals surface area contributed by atoms with Gasteiger partial charge in [-0.3, -0.25) is 0 Å². The molecule has 1 saturated carbocycles. The Hall–Kier alpha value is -0.900. The third-order valence-electron chi connectivity index (χ3n) is 3.50. The van der Waals surface area contributed by atoms with Crippen LogP contribution in [-0.2, 0) is 6.54 Å². The highest BCUT2D eigenvalue weighted by atomic mass is 15.4. The molecule has 0 amide bonds. The molecule has 0 spiro atoms. The van der Waals surface area contributed by atoms with E-state index in [9.17, 15) is 0 Å². The Morgan fingerprint density at radius 2 is 2.25 bits per heavy atom. The Kier molecular flexibility index (Phi) is 3.02. The highest BCUT2D eigenvalue weighted by Crippen LogP contribution is 2.43. The van der Waals surface area contributed by atoms with Crippen molar-refractivity contribution in [2.24, 2.45) is 17.1 Å². The summed E-state index contributed by atoms with van der Waals surface area (Å²) in [5.41, 5.74) is 6.86. The van der Waals surface area contributed by atoms with Crippen LogP contribution in [0.15, 0.2) is 6.20 Å². The van der Waals surface area contributed by atoms with E-state index >= 15 is 0 Å². The molecular weight excluding hydrogens is 200 g/mol. The van der Waals surface area contributed by atoms with Gasteiger partial charge in [-0.25, -0.2) is 4.68 Å². The largest absolute Gasteiger partial charge is 0.325 e. The molecule has 0 bridgehead atoms. The molecule has 1 aliphatic rings. The SMILES string of the molecule is C[C@H]1C[C@H](n2cc(CN)nn2)CC(C)(C)C1. The summed E-state index contributed by atoms with van der Waals surface area (Å²) < 4.78 is 2.01. The topological polar surface area (TPSA) is 56.7 Å². The van der Waals surface area contributed by atoms with E-state index in [-0.39, 0.29) is 0 Å². The van der Waals surface area contributed by atoms with Crippen LogP contribution in [0.4, 0.5) is 0 Å². The second-order valence-corrected chi connectivity index (χ2v) is 5.96. The zero-order valence-electron chi connectivity index (χ0n) is 10.5. The highest BCUT2D eigenvalue weighted by molar-refractivity contribution is 4.94. The van der Waals surface area contributed by atoms with Gasteiger partial charge in [-0.15, -0.1) is 5.10 Å². The van der Waals surface area contributed by atoms with E-state index in [2.05, 4.69) is 31.1 Å². The van der Waals surface area contributed by atoms with Crippen LogP contribution in [0.3, 0.4) is 0 Å². The van der Waals surface area contributed by atoms with E-state index in [0.717, 1.165) is 11.6 Å². The van der Waals surface area contributed by atoms with Crippen molar-refractivity contribution >= 4 is 0 Å². The van der Waals surface area contributed by atoms with Gasteiger partial charge in [0.2, 0.25) is 0 Å². The molecule has 0 aromatic carbocycles. The van der Waals surface area contributed by atoms with Crippen LogP contribution in [0.1, 0.15) is 51.8 Å². The van der Waals surface area contributed by atoms with Gasteiger partial charge >= 0.3 is 0 Å². The minimum absolute atomic E-state index is 0.414. The van der Waals surface area contributed by atoms with Gasteiger partial charge in [0.05, 0.1) is 17.9 Å². The van der Waals surface area contributed by atoms with Crippen molar-refractivity contribution in [1.82, 2.24) is 15.0 Å². The zero-order valence-corrected chi connectivity index (χ0v) is 10.5. The van der Waals surface area contributed by atoms with Gasteiger partial charge in [0.15, 0.2) is 0 Å². The Morgan fingerprint density at radius 1 is 1.50 bits per heavy atom. The number of aromatic nitrogens is 3. The van der Waals surface area contributed by atoms with Crippen LogP contribution in [-0.4, -0.2) is 15.0 Å². The fourth-order valence-electron chi connectivity index (χ4n) is 3.08. The Labute approximate surface area is 97.2 Å². The standard InChI is InChI=1S/C12H22N4/c1-9-4-11(6-12(2,3)5-9)16-8-10(7-13)14-15-16/h8-9,11H,4-7,13H2,1-3H3/t9-,11-/m0/s1. The van der Waals surface area contributed by atoms with Crippen molar-refractivity contribution in [2.75, 3.05) is 0 Å². The average Bonchev–Trinajstić information content (AvgIpc) is 2.62. The molecule has 0 unspecified atom stereocenters. The van der Waals surface area contributed by atoms with Crippen molar-refractivity contribution in [3.05, 3.63) is 11.9 Å². The van der Waals surface area contributed by atoms with Crippen LogP contribution in [0, 0.1) is 11.3 Å². The molecule has 1 aromatic rings. The summed E-state index contributed by atoms with van der Waals surface area (Å²) in [5, 5.41) is 8.27. The van der Waals surface area contributed by atoms with E-state index in [4.69, 9.17) is 5.73 Å². The smallest absolute Gasteiger partial charge is 0.0962 e. The summed E-state index contributed by atoms with van der Waals surface area (Å²) in [6, 6.07) is 0.492. The lowest BCUT2D eigenvalue weighted by Crippen LogP contribution is -2.29. The molecule has 1 heterocycles. The lowest BCUT2D eigenvalue weighted by atomic mass is 9.71. The van der Waals surface area contributed by atoms with E-state index in [1.54, 1.807) is 0 Å². The van der Waals surface area contributed by atoms with Crippen LogP contribution in [0.25, 0.3) is 0 Å². The summed E-state index contributed by atoms with van der Waals surface area (Å²) in [4.78, 5) is 0. The fraction of sp³-hybridized carbons (Fsp3) is 0.833. The molecule has 1 aliphatic carbocycles. The quantitative estimate of drug-likeness (QED) is 0.834. The lowest BCUT2D eigenvalue weighted by molar-refractivity contribution is 0.129. The van der Waals surface area contributed by atoms with Gasteiger partial charge < -0.3 is 5.73 Å². The molecule has 2 rings (SSSR count). The molecule has 0 radical (unpaired) electrons. The van der Waals surface area contributed by atoms with Crippen LogP contribution < -0.4 is 5.73 Å². The minimum Gasteiger partial charge on any atom is -0.325 e. The average molecular weight is 222 g/mol. The Balaban J connectivity index is 2.14. The second-order valence-electron chi connectivity index (χ2n) is 5.96. The Bertz CT molecular complexity index is 356. The van der Waals surface area contributed by atoms with Gasteiger partial charge in [-0.05, 0) is 30.6 Å². The number of nitrogens with two attached hydrogens (primary N) is 1. The second kappa shape index (κ2) is 4.17. The van der Waals surface area contributed by atoms with Crippen molar-refractivity contribution in [3.8, 4) is 0 Å². The molecule has 1 fully saturated rings. The van der Waals surface area contributed by atoms with Gasteiger partial charge in [0.1, 0.15) is 0 Å². The maximum Gasteiger partial charge on any atom is 0.0962 e. The van der Waals surface area contributed by atoms with Gasteiger partial charge in [0, 0.05) is 6.54 Å². The molecule has 90 valence electrons. The third kappa shape index (κ3) is 2.43. The van der Waals surface area contributed by atoms with E-state index in [0.29, 0.717) is 18.0 Å². The normalized spacial score (nSPS) is 29.2. The van der Waals surface area contributed by atoms with Crippen LogP contribution >= 0.6 is 0 Å². The first kappa shape index (κ1) is 11.6. The van der Waals surface area contributed by atoms with Gasteiger partial charge in [-0.1, -0.05) is 26.0 Å². The van der Waals surface area contributed by atoms with Crippen molar-refractivity contribution in [1.29, 1.82) is 0 Å². The van der Waals surface area contributed by atoms with E-state index in [1.807, 2.05) is 10.9 Å². The van der Waals surface area contributed by atoms with Crippen molar-refractivity contribution in [3.63, 3.8) is 0 Å². The highest BCUT2D eigenvalue weighted by Gasteiger charge is 2.33. The van der Waals surface area contributed by atoms with E-state index < -0.39 is 0 Å².